The van der Waals surface area contributed by atoms with Gasteiger partial charge in [-0.25, -0.2) is 4.79 Å². The molecule has 3 N–H and O–H groups in total. The van der Waals surface area contributed by atoms with E-state index < -0.39 is 0 Å². The van der Waals surface area contributed by atoms with Crippen molar-refractivity contribution in [1.82, 2.24) is 15.5 Å². The van der Waals surface area contributed by atoms with Crippen LogP contribution in [0.1, 0.15) is 32.8 Å². The summed E-state index contributed by atoms with van der Waals surface area (Å²) < 4.78 is 5.73. The van der Waals surface area contributed by atoms with Crippen LogP contribution in [0.3, 0.4) is 0 Å². The van der Waals surface area contributed by atoms with Gasteiger partial charge >= 0.3 is 6.03 Å². The molecule has 1 aromatic heterocycles. The fourth-order valence-corrected chi connectivity index (χ4v) is 2.71. The predicted molar refractivity (Wildman–Crippen MR) is 108 cm³/mol. The summed E-state index contributed by atoms with van der Waals surface area (Å²) in [6, 6.07) is 13.6. The van der Waals surface area contributed by atoms with Crippen molar-refractivity contribution in [3.8, 4) is 5.75 Å². The molecule has 6 nitrogen and oxygen atoms in total. The molecule has 0 radical (unpaired) electrons. The van der Waals surface area contributed by atoms with Gasteiger partial charge in [0, 0.05) is 17.6 Å². The second kappa shape index (κ2) is 8.12. The van der Waals surface area contributed by atoms with E-state index in [2.05, 4.69) is 53.7 Å². The molecule has 0 aliphatic carbocycles. The van der Waals surface area contributed by atoms with Gasteiger partial charge < -0.3 is 15.4 Å². The molecule has 6 heteroatoms. The van der Waals surface area contributed by atoms with E-state index in [0.717, 1.165) is 28.8 Å². The van der Waals surface area contributed by atoms with Crippen molar-refractivity contribution in [1.29, 1.82) is 0 Å². The SMILES string of the molecule is CC(C)(C)c1ccc(OCCCNC(=O)Nc2ccc3cn[nH]c3c2)cc1. The number of carbonyl (C=O) groups is 1. The Bertz CT molecular complexity index is 894. The Balaban J connectivity index is 1.36. The number of aromatic amines is 1. The van der Waals surface area contributed by atoms with Gasteiger partial charge in [-0.2, -0.15) is 5.10 Å². The van der Waals surface area contributed by atoms with Gasteiger partial charge in [0.2, 0.25) is 0 Å². The number of amides is 2. The molecule has 0 unspecified atom stereocenters. The van der Waals surface area contributed by atoms with Crippen molar-refractivity contribution < 1.29 is 9.53 Å². The zero-order chi connectivity index (χ0) is 19.3. The highest BCUT2D eigenvalue weighted by atomic mass is 16.5. The molecule has 0 saturated carbocycles. The number of anilines is 1. The number of nitrogens with one attached hydrogen (secondary N) is 3. The third-order valence-corrected chi connectivity index (χ3v) is 4.30. The number of aromatic nitrogens is 2. The van der Waals surface area contributed by atoms with Crippen LogP contribution in [0.4, 0.5) is 10.5 Å². The molecule has 1 heterocycles. The lowest BCUT2D eigenvalue weighted by atomic mass is 9.87. The van der Waals surface area contributed by atoms with Gasteiger partial charge in [-0.3, -0.25) is 5.10 Å². The molecular weight excluding hydrogens is 340 g/mol. The summed E-state index contributed by atoms with van der Waals surface area (Å²) in [6.45, 7) is 7.65. The number of rotatable bonds is 6. The first kappa shape index (κ1) is 18.8. The Morgan fingerprint density at radius 1 is 1.15 bits per heavy atom. The molecule has 0 fully saturated rings. The van der Waals surface area contributed by atoms with E-state index in [0.29, 0.717) is 13.2 Å². The van der Waals surface area contributed by atoms with Crippen LogP contribution in [0, 0.1) is 0 Å². The van der Waals surface area contributed by atoms with Crippen LogP contribution < -0.4 is 15.4 Å². The number of benzene rings is 2. The highest BCUT2D eigenvalue weighted by Crippen LogP contribution is 2.24. The van der Waals surface area contributed by atoms with E-state index in [4.69, 9.17) is 4.74 Å². The molecule has 2 amide bonds. The molecule has 3 rings (SSSR count). The average molecular weight is 366 g/mol. The maximum absolute atomic E-state index is 12.0. The highest BCUT2D eigenvalue weighted by Gasteiger charge is 2.12. The normalized spacial score (nSPS) is 11.4. The molecule has 2 aromatic carbocycles. The zero-order valence-electron chi connectivity index (χ0n) is 16.0. The number of nitrogens with zero attached hydrogens (tertiary/aromatic N) is 1. The van der Waals surface area contributed by atoms with Gasteiger partial charge in [0.1, 0.15) is 5.75 Å². The topological polar surface area (TPSA) is 79.0 Å². The average Bonchev–Trinajstić information content (AvgIpc) is 3.09. The third kappa shape index (κ3) is 5.23. The minimum atomic E-state index is -0.233. The Labute approximate surface area is 159 Å². The monoisotopic (exact) mass is 366 g/mol. The maximum atomic E-state index is 12.0. The molecule has 3 aromatic rings. The molecule has 0 atom stereocenters. The van der Waals surface area contributed by atoms with Crippen molar-refractivity contribution in [3.63, 3.8) is 0 Å². The van der Waals surface area contributed by atoms with E-state index in [-0.39, 0.29) is 11.4 Å². The minimum absolute atomic E-state index is 0.137. The van der Waals surface area contributed by atoms with Gasteiger partial charge in [-0.1, -0.05) is 32.9 Å². The second-order valence-electron chi connectivity index (χ2n) is 7.53. The van der Waals surface area contributed by atoms with E-state index in [1.165, 1.54) is 5.56 Å². The number of urea groups is 1. The van der Waals surface area contributed by atoms with Gasteiger partial charge in [-0.15, -0.1) is 0 Å². The quantitative estimate of drug-likeness (QED) is 0.564. The first-order valence-electron chi connectivity index (χ1n) is 9.13. The standard InChI is InChI=1S/C21H26N4O2/c1-21(2,3)16-6-9-18(10-7-16)27-12-4-11-22-20(26)24-17-8-5-15-14-23-25-19(15)13-17/h5-10,13-14H,4,11-12H2,1-3H3,(H,23,25)(H2,22,24,26). The van der Waals surface area contributed by atoms with Crippen molar-refractivity contribution in [2.75, 3.05) is 18.5 Å². The van der Waals surface area contributed by atoms with Crippen molar-refractivity contribution >= 4 is 22.6 Å². The van der Waals surface area contributed by atoms with Crippen LogP contribution >= 0.6 is 0 Å². The molecule has 0 saturated heterocycles. The molecular formula is C21H26N4O2. The van der Waals surface area contributed by atoms with E-state index in [9.17, 15) is 4.79 Å². The summed E-state index contributed by atoms with van der Waals surface area (Å²) in [7, 11) is 0. The second-order valence-corrected chi connectivity index (χ2v) is 7.53. The van der Waals surface area contributed by atoms with E-state index in [1.54, 1.807) is 6.20 Å². The number of carbonyl (C=O) groups excluding carboxylic acids is 1. The number of hydrogen-bond acceptors (Lipinski definition) is 3. The van der Waals surface area contributed by atoms with E-state index in [1.807, 2.05) is 30.3 Å². The van der Waals surface area contributed by atoms with Gasteiger partial charge in [0.25, 0.3) is 0 Å². The Morgan fingerprint density at radius 2 is 1.93 bits per heavy atom. The van der Waals surface area contributed by atoms with Crippen molar-refractivity contribution in [2.24, 2.45) is 0 Å². The summed E-state index contributed by atoms with van der Waals surface area (Å²) >= 11 is 0. The number of ether oxygens (including phenoxy) is 1. The van der Waals surface area contributed by atoms with Crippen molar-refractivity contribution in [2.45, 2.75) is 32.6 Å². The number of hydrogen-bond donors (Lipinski definition) is 3. The van der Waals surface area contributed by atoms with Crippen LogP contribution in [0.25, 0.3) is 10.9 Å². The van der Waals surface area contributed by atoms with Crippen LogP contribution in [0.15, 0.2) is 48.7 Å². The lowest BCUT2D eigenvalue weighted by Gasteiger charge is -2.19. The van der Waals surface area contributed by atoms with Crippen molar-refractivity contribution in [3.05, 3.63) is 54.2 Å². The Hall–Kier alpha value is -3.02. The fourth-order valence-electron chi connectivity index (χ4n) is 2.71. The van der Waals surface area contributed by atoms with Crippen LogP contribution in [-0.4, -0.2) is 29.4 Å². The van der Waals surface area contributed by atoms with Gasteiger partial charge in [0.05, 0.1) is 18.3 Å². The maximum Gasteiger partial charge on any atom is 0.319 e. The first-order valence-corrected chi connectivity index (χ1v) is 9.13. The van der Waals surface area contributed by atoms with Gasteiger partial charge in [-0.05, 0) is 47.7 Å². The summed E-state index contributed by atoms with van der Waals surface area (Å²) in [5.41, 5.74) is 3.03. The first-order chi connectivity index (χ1) is 12.9. The molecule has 27 heavy (non-hydrogen) atoms. The predicted octanol–water partition coefficient (Wildman–Crippen LogP) is 4.45. The largest absolute Gasteiger partial charge is 0.494 e. The number of fused-ring (bicyclic) bond motifs is 1. The molecule has 0 bridgehead atoms. The van der Waals surface area contributed by atoms with Crippen LogP contribution in [0.2, 0.25) is 0 Å². The summed E-state index contributed by atoms with van der Waals surface area (Å²) in [4.78, 5) is 12.0. The summed E-state index contributed by atoms with van der Waals surface area (Å²) in [6.07, 6.45) is 2.48. The molecule has 0 spiro atoms. The number of H-pyrrole nitrogens is 1. The van der Waals surface area contributed by atoms with Crippen LogP contribution in [0.5, 0.6) is 5.75 Å². The fraction of sp³-hybridized carbons (Fsp3) is 0.333. The Kier molecular flexibility index (Phi) is 5.64. The third-order valence-electron chi connectivity index (χ3n) is 4.30. The molecule has 142 valence electrons. The van der Waals surface area contributed by atoms with Gasteiger partial charge in [0.15, 0.2) is 0 Å². The minimum Gasteiger partial charge on any atom is -0.494 e. The van der Waals surface area contributed by atoms with E-state index >= 15 is 0 Å². The molecule has 0 aliphatic rings. The lowest BCUT2D eigenvalue weighted by Crippen LogP contribution is -2.30. The lowest BCUT2D eigenvalue weighted by molar-refractivity contribution is 0.250. The highest BCUT2D eigenvalue weighted by molar-refractivity contribution is 5.92. The summed E-state index contributed by atoms with van der Waals surface area (Å²) in [5, 5.41) is 13.5. The van der Waals surface area contributed by atoms with Crippen LogP contribution in [-0.2, 0) is 5.41 Å². The smallest absolute Gasteiger partial charge is 0.319 e. The Morgan fingerprint density at radius 3 is 2.67 bits per heavy atom. The molecule has 0 aliphatic heterocycles. The summed E-state index contributed by atoms with van der Waals surface area (Å²) in [5.74, 6) is 0.848. The zero-order valence-corrected chi connectivity index (χ0v) is 16.0.